The second-order valence-corrected chi connectivity index (χ2v) is 5.30. The lowest BCUT2D eigenvalue weighted by atomic mass is 10.1. The van der Waals surface area contributed by atoms with E-state index in [4.69, 9.17) is 4.74 Å². The zero-order valence-electron chi connectivity index (χ0n) is 13.2. The van der Waals surface area contributed by atoms with Crippen molar-refractivity contribution < 1.29 is 20.1 Å². The van der Waals surface area contributed by atoms with Gasteiger partial charge in [-0.15, -0.1) is 0 Å². The predicted molar refractivity (Wildman–Crippen MR) is 90.1 cm³/mol. The van der Waals surface area contributed by atoms with Gasteiger partial charge in [0.15, 0.2) is 11.5 Å². The average molecular weight is 326 g/mol. The summed E-state index contributed by atoms with van der Waals surface area (Å²) in [5, 5.41) is 33.0. The van der Waals surface area contributed by atoms with Gasteiger partial charge in [0.2, 0.25) is 0 Å². The van der Waals surface area contributed by atoms with Crippen molar-refractivity contribution in [2.24, 2.45) is 0 Å². The molecule has 124 valence electrons. The molecule has 6 nitrogen and oxygen atoms in total. The highest BCUT2D eigenvalue weighted by Crippen LogP contribution is 2.33. The number of aliphatic hydroxyl groups excluding tert-OH is 1. The van der Waals surface area contributed by atoms with Gasteiger partial charge in [-0.1, -0.05) is 0 Å². The first-order chi connectivity index (χ1) is 11.6. The standard InChI is InChI=1S/C18H18N2O4/c1-24-18-10-13(4-7-17(18)23)16-11-15(19-20(16)8-9-21)12-2-5-14(22)6-3-12/h2-7,10-11,21-23H,8-9H2,1H3. The van der Waals surface area contributed by atoms with E-state index in [2.05, 4.69) is 5.10 Å². The smallest absolute Gasteiger partial charge is 0.161 e. The number of nitrogens with zero attached hydrogens (tertiary/aromatic N) is 2. The molecule has 0 saturated carbocycles. The molecule has 0 unspecified atom stereocenters. The summed E-state index contributed by atoms with van der Waals surface area (Å²) >= 11 is 0. The summed E-state index contributed by atoms with van der Waals surface area (Å²) in [7, 11) is 1.49. The number of rotatable bonds is 5. The molecule has 1 aromatic heterocycles. The maximum atomic E-state index is 9.75. The normalized spacial score (nSPS) is 10.8. The van der Waals surface area contributed by atoms with Crippen LogP contribution in [0.15, 0.2) is 48.5 Å². The van der Waals surface area contributed by atoms with E-state index in [0.29, 0.717) is 12.3 Å². The molecule has 0 aliphatic rings. The van der Waals surface area contributed by atoms with Gasteiger partial charge in [0.05, 0.1) is 31.6 Å². The minimum atomic E-state index is -0.0427. The van der Waals surface area contributed by atoms with Crippen LogP contribution in [0.2, 0.25) is 0 Å². The zero-order valence-corrected chi connectivity index (χ0v) is 13.2. The number of methoxy groups -OCH3 is 1. The lowest BCUT2D eigenvalue weighted by molar-refractivity contribution is 0.270. The van der Waals surface area contributed by atoms with Crippen LogP contribution in [0.3, 0.4) is 0 Å². The zero-order chi connectivity index (χ0) is 17.1. The number of aromatic nitrogens is 2. The minimum absolute atomic E-state index is 0.0427. The third-order valence-electron chi connectivity index (χ3n) is 3.73. The third kappa shape index (κ3) is 3.04. The van der Waals surface area contributed by atoms with Crippen LogP contribution in [-0.4, -0.2) is 38.8 Å². The summed E-state index contributed by atoms with van der Waals surface area (Å²) in [6.07, 6.45) is 0. The Bertz CT molecular complexity index is 841. The van der Waals surface area contributed by atoms with Gasteiger partial charge in [-0.2, -0.15) is 5.10 Å². The Balaban J connectivity index is 2.08. The Kier molecular flexibility index (Phi) is 4.39. The molecule has 0 amide bonds. The molecule has 0 saturated heterocycles. The largest absolute Gasteiger partial charge is 0.508 e. The molecular weight excluding hydrogens is 308 g/mol. The summed E-state index contributed by atoms with van der Waals surface area (Å²) in [6, 6.07) is 13.7. The second kappa shape index (κ2) is 6.64. The monoisotopic (exact) mass is 326 g/mol. The average Bonchev–Trinajstić information content (AvgIpc) is 3.00. The van der Waals surface area contributed by atoms with Gasteiger partial charge < -0.3 is 20.1 Å². The second-order valence-electron chi connectivity index (χ2n) is 5.30. The molecule has 0 spiro atoms. The molecule has 0 aliphatic carbocycles. The van der Waals surface area contributed by atoms with Gasteiger partial charge in [-0.3, -0.25) is 4.68 Å². The van der Waals surface area contributed by atoms with Crippen molar-refractivity contribution in [1.29, 1.82) is 0 Å². The van der Waals surface area contributed by atoms with E-state index < -0.39 is 0 Å². The van der Waals surface area contributed by atoms with E-state index >= 15 is 0 Å². The molecule has 1 heterocycles. The number of benzene rings is 2. The predicted octanol–water partition coefficient (Wildman–Crippen LogP) is 2.63. The number of aromatic hydroxyl groups is 2. The lowest BCUT2D eigenvalue weighted by Crippen LogP contribution is -2.05. The van der Waals surface area contributed by atoms with Crippen LogP contribution in [-0.2, 0) is 6.54 Å². The Morgan fingerprint density at radius 1 is 1.00 bits per heavy atom. The summed E-state index contributed by atoms with van der Waals surface area (Å²) in [5.41, 5.74) is 3.20. The molecule has 2 aromatic carbocycles. The van der Waals surface area contributed by atoms with Gasteiger partial charge in [0, 0.05) is 11.1 Å². The van der Waals surface area contributed by atoms with Crippen molar-refractivity contribution in [3.8, 4) is 39.8 Å². The quantitative estimate of drug-likeness (QED) is 0.671. The maximum absolute atomic E-state index is 9.75. The van der Waals surface area contributed by atoms with Crippen molar-refractivity contribution in [2.45, 2.75) is 6.54 Å². The summed E-state index contributed by atoms with van der Waals surface area (Å²) in [5.74, 6) is 0.626. The van der Waals surface area contributed by atoms with Crippen LogP contribution in [0.5, 0.6) is 17.2 Å². The van der Waals surface area contributed by atoms with Crippen molar-refractivity contribution >= 4 is 0 Å². The van der Waals surface area contributed by atoms with Crippen LogP contribution >= 0.6 is 0 Å². The van der Waals surface area contributed by atoms with E-state index in [9.17, 15) is 15.3 Å². The van der Waals surface area contributed by atoms with Gasteiger partial charge in [0.1, 0.15) is 5.75 Å². The highest BCUT2D eigenvalue weighted by atomic mass is 16.5. The molecule has 0 aliphatic heterocycles. The van der Waals surface area contributed by atoms with Crippen molar-refractivity contribution in [1.82, 2.24) is 9.78 Å². The van der Waals surface area contributed by atoms with Crippen LogP contribution in [0, 0.1) is 0 Å². The number of hydrogen-bond donors (Lipinski definition) is 3. The Labute approximate surface area is 139 Å². The van der Waals surface area contributed by atoms with E-state index in [-0.39, 0.29) is 18.1 Å². The SMILES string of the molecule is COc1cc(-c2cc(-c3ccc(O)cc3)nn2CCO)ccc1O. The topological polar surface area (TPSA) is 87.7 Å². The fraction of sp³-hybridized carbons (Fsp3) is 0.167. The molecule has 24 heavy (non-hydrogen) atoms. The molecule has 0 bridgehead atoms. The van der Waals surface area contributed by atoms with Crippen molar-refractivity contribution in [3.05, 3.63) is 48.5 Å². The molecule has 0 fully saturated rings. The Hall–Kier alpha value is -2.99. The van der Waals surface area contributed by atoms with Gasteiger partial charge in [-0.05, 0) is 48.5 Å². The molecule has 0 atom stereocenters. The first-order valence-corrected chi connectivity index (χ1v) is 7.48. The third-order valence-corrected chi connectivity index (χ3v) is 3.73. The highest BCUT2D eigenvalue weighted by Gasteiger charge is 2.13. The number of ether oxygens (including phenoxy) is 1. The summed E-state index contributed by atoms with van der Waals surface area (Å²) in [4.78, 5) is 0. The number of hydrogen-bond acceptors (Lipinski definition) is 5. The number of aliphatic hydroxyl groups is 1. The molecule has 0 radical (unpaired) electrons. The molecular formula is C18H18N2O4. The van der Waals surface area contributed by atoms with Crippen LogP contribution in [0.4, 0.5) is 0 Å². The lowest BCUT2D eigenvalue weighted by Gasteiger charge is -2.08. The molecule has 6 heteroatoms. The van der Waals surface area contributed by atoms with Gasteiger partial charge >= 0.3 is 0 Å². The summed E-state index contributed by atoms with van der Waals surface area (Å²) in [6.45, 7) is 0.301. The fourth-order valence-corrected chi connectivity index (χ4v) is 2.52. The fourth-order valence-electron chi connectivity index (χ4n) is 2.52. The van der Waals surface area contributed by atoms with Crippen molar-refractivity contribution in [3.63, 3.8) is 0 Å². The minimum Gasteiger partial charge on any atom is -0.508 e. The molecule has 3 rings (SSSR count). The van der Waals surface area contributed by atoms with Crippen LogP contribution in [0.1, 0.15) is 0 Å². The Morgan fingerprint density at radius 2 is 1.71 bits per heavy atom. The maximum Gasteiger partial charge on any atom is 0.161 e. The van der Waals surface area contributed by atoms with E-state index in [1.54, 1.807) is 47.1 Å². The summed E-state index contributed by atoms with van der Waals surface area (Å²) < 4.78 is 6.86. The molecule has 3 aromatic rings. The van der Waals surface area contributed by atoms with E-state index in [1.165, 1.54) is 7.11 Å². The Morgan fingerprint density at radius 3 is 2.38 bits per heavy atom. The van der Waals surface area contributed by atoms with Gasteiger partial charge in [0.25, 0.3) is 0 Å². The number of phenolic OH excluding ortho intramolecular Hbond substituents is 2. The van der Waals surface area contributed by atoms with Crippen LogP contribution in [0.25, 0.3) is 22.5 Å². The highest BCUT2D eigenvalue weighted by molar-refractivity contribution is 5.70. The first kappa shape index (κ1) is 15.9. The first-order valence-electron chi connectivity index (χ1n) is 7.48. The van der Waals surface area contributed by atoms with Crippen molar-refractivity contribution in [2.75, 3.05) is 13.7 Å². The van der Waals surface area contributed by atoms with Gasteiger partial charge in [-0.25, -0.2) is 0 Å². The number of phenols is 2. The molecule has 3 N–H and O–H groups in total. The van der Waals surface area contributed by atoms with E-state index in [0.717, 1.165) is 22.5 Å². The van der Waals surface area contributed by atoms with Crippen LogP contribution < -0.4 is 4.74 Å². The van der Waals surface area contributed by atoms with E-state index in [1.807, 2.05) is 6.07 Å².